The number of thioether (sulfide) groups is 1. The van der Waals surface area contributed by atoms with Crippen molar-refractivity contribution in [2.45, 2.75) is 45.1 Å². The van der Waals surface area contributed by atoms with Crippen molar-refractivity contribution in [1.82, 2.24) is 14.3 Å². The Labute approximate surface area is 202 Å². The van der Waals surface area contributed by atoms with Gasteiger partial charge in [0.2, 0.25) is 0 Å². The molecule has 0 aromatic carbocycles. The number of carbonyl (C=O) groups excluding carboxylic acids is 1. The summed E-state index contributed by atoms with van der Waals surface area (Å²) in [7, 11) is 0. The Bertz CT molecular complexity index is 1140. The lowest BCUT2D eigenvalue weighted by molar-refractivity contribution is -0.124. The first-order valence-corrected chi connectivity index (χ1v) is 12.4. The van der Waals surface area contributed by atoms with E-state index in [1.54, 1.807) is 23.2 Å². The maximum Gasteiger partial charge on any atom is 0.267 e. The molecular formula is C23H28N4O4S2. The minimum Gasteiger partial charge on any atom is -0.394 e. The lowest BCUT2D eigenvalue weighted by Gasteiger charge is -2.29. The number of fused-ring (bicyclic) bond motifs is 1. The van der Waals surface area contributed by atoms with Crippen LogP contribution in [0, 0.1) is 6.92 Å². The van der Waals surface area contributed by atoms with Crippen LogP contribution in [0.2, 0.25) is 0 Å². The summed E-state index contributed by atoms with van der Waals surface area (Å²) in [5.74, 6) is 0.257. The van der Waals surface area contributed by atoms with Gasteiger partial charge in [-0.2, -0.15) is 0 Å². The maximum atomic E-state index is 13.4. The van der Waals surface area contributed by atoms with Gasteiger partial charge in [-0.05, 0) is 37.5 Å². The first-order chi connectivity index (χ1) is 16.0. The number of hydrogen-bond donors (Lipinski definition) is 2. The van der Waals surface area contributed by atoms with Gasteiger partial charge in [0.15, 0.2) is 0 Å². The number of aliphatic hydroxyl groups is 1. The number of amides is 1. The summed E-state index contributed by atoms with van der Waals surface area (Å²) >= 11 is 6.78. The molecule has 2 N–H and O–H groups in total. The first-order valence-electron chi connectivity index (χ1n) is 11.2. The van der Waals surface area contributed by atoms with E-state index < -0.39 is 0 Å². The van der Waals surface area contributed by atoms with Crippen molar-refractivity contribution >= 4 is 51.7 Å². The number of aryl methyl sites for hydroxylation is 1. The molecule has 10 heteroatoms. The molecule has 33 heavy (non-hydrogen) atoms. The molecular weight excluding hydrogens is 460 g/mol. The van der Waals surface area contributed by atoms with Crippen molar-refractivity contribution in [2.24, 2.45) is 0 Å². The van der Waals surface area contributed by atoms with Crippen molar-refractivity contribution in [2.75, 3.05) is 31.7 Å². The Morgan fingerprint density at radius 3 is 2.85 bits per heavy atom. The summed E-state index contributed by atoms with van der Waals surface area (Å²) < 4.78 is 7.36. The second kappa shape index (κ2) is 10.8. The molecule has 0 radical (unpaired) electrons. The Kier molecular flexibility index (Phi) is 7.79. The quantitative estimate of drug-likeness (QED) is 0.333. The number of aromatic nitrogens is 2. The number of ether oxygens (including phenoxy) is 1. The van der Waals surface area contributed by atoms with E-state index in [1.807, 2.05) is 13.0 Å². The van der Waals surface area contributed by atoms with E-state index in [0.29, 0.717) is 39.4 Å². The number of hydrogen-bond acceptors (Lipinski definition) is 8. The van der Waals surface area contributed by atoms with E-state index in [1.165, 1.54) is 22.6 Å². The number of carbonyl (C=O) groups is 1. The molecule has 2 aliphatic rings. The van der Waals surface area contributed by atoms with Gasteiger partial charge in [-0.25, -0.2) is 4.98 Å². The second-order valence-electron chi connectivity index (χ2n) is 8.17. The lowest BCUT2D eigenvalue weighted by atomic mass is 9.94. The second-order valence-corrected chi connectivity index (χ2v) is 9.85. The van der Waals surface area contributed by atoms with Gasteiger partial charge < -0.3 is 15.2 Å². The average Bonchev–Trinajstić information content (AvgIpc) is 3.10. The molecule has 0 spiro atoms. The Hall–Kier alpha value is -2.27. The maximum absolute atomic E-state index is 13.4. The van der Waals surface area contributed by atoms with Gasteiger partial charge in [-0.15, -0.1) is 0 Å². The largest absolute Gasteiger partial charge is 0.394 e. The molecule has 1 saturated carbocycles. The monoisotopic (exact) mass is 488 g/mol. The number of nitrogens with zero attached hydrogens (tertiary/aromatic N) is 3. The van der Waals surface area contributed by atoms with Crippen molar-refractivity contribution in [3.05, 3.63) is 44.7 Å². The highest BCUT2D eigenvalue weighted by atomic mass is 32.2. The van der Waals surface area contributed by atoms with Crippen LogP contribution < -0.4 is 10.9 Å². The van der Waals surface area contributed by atoms with Gasteiger partial charge in [-0.1, -0.05) is 49.3 Å². The van der Waals surface area contributed by atoms with Crippen LogP contribution in [-0.4, -0.2) is 62.0 Å². The van der Waals surface area contributed by atoms with Gasteiger partial charge in [0.05, 0.1) is 30.3 Å². The molecule has 2 aromatic heterocycles. The first kappa shape index (κ1) is 23.9. The molecule has 176 valence electrons. The summed E-state index contributed by atoms with van der Waals surface area (Å²) in [5.41, 5.74) is 1.47. The third-order valence-electron chi connectivity index (χ3n) is 5.90. The SMILES string of the molecule is Cc1cccn2c(=O)c(/C=C3/SC(=S)N(C4CCCCC4)C3=O)c(NCCOCCO)nc12. The molecule has 2 fully saturated rings. The van der Waals surface area contributed by atoms with Gasteiger partial charge in [-0.3, -0.25) is 18.9 Å². The summed E-state index contributed by atoms with van der Waals surface area (Å²) in [6.45, 7) is 2.83. The lowest BCUT2D eigenvalue weighted by Crippen LogP contribution is -2.39. The van der Waals surface area contributed by atoms with Crippen LogP contribution in [0.3, 0.4) is 0 Å². The van der Waals surface area contributed by atoms with Crippen molar-refractivity contribution < 1.29 is 14.6 Å². The molecule has 8 nitrogen and oxygen atoms in total. The van der Waals surface area contributed by atoms with Gasteiger partial charge in [0.25, 0.3) is 11.5 Å². The van der Waals surface area contributed by atoms with E-state index in [9.17, 15) is 9.59 Å². The van der Waals surface area contributed by atoms with Gasteiger partial charge >= 0.3 is 0 Å². The number of anilines is 1. The van der Waals surface area contributed by atoms with Crippen LogP contribution in [0.4, 0.5) is 5.82 Å². The Morgan fingerprint density at radius 1 is 1.30 bits per heavy atom. The number of nitrogens with one attached hydrogen (secondary N) is 1. The van der Waals surface area contributed by atoms with Gasteiger partial charge in [0, 0.05) is 18.8 Å². The fourth-order valence-corrected chi connectivity index (χ4v) is 5.63. The smallest absolute Gasteiger partial charge is 0.267 e. The molecule has 0 unspecified atom stereocenters. The Balaban J connectivity index is 1.69. The zero-order valence-electron chi connectivity index (χ0n) is 18.6. The third kappa shape index (κ3) is 5.13. The molecule has 4 rings (SSSR count). The van der Waals surface area contributed by atoms with E-state index >= 15 is 0 Å². The number of thiocarbonyl (C=S) groups is 1. The van der Waals surface area contributed by atoms with Crippen molar-refractivity contribution in [1.29, 1.82) is 0 Å². The standard InChI is InChI=1S/C23H28N4O4S2/c1-15-6-5-10-26-20(15)25-19(24-9-12-31-13-11-28)17(21(26)29)14-18-22(30)27(23(32)33-18)16-7-3-2-4-8-16/h5-6,10,14,16,24,28H,2-4,7-9,11-13H2,1H3/b18-14+. The number of aliphatic hydroxyl groups excluding tert-OH is 1. The van der Waals surface area contributed by atoms with E-state index in [2.05, 4.69) is 10.3 Å². The van der Waals surface area contributed by atoms with Crippen LogP contribution in [-0.2, 0) is 9.53 Å². The topological polar surface area (TPSA) is 96.2 Å². The van der Waals surface area contributed by atoms with Crippen LogP contribution >= 0.6 is 24.0 Å². The zero-order valence-corrected chi connectivity index (χ0v) is 20.2. The van der Waals surface area contributed by atoms with E-state index in [0.717, 1.165) is 31.2 Å². The predicted octanol–water partition coefficient (Wildman–Crippen LogP) is 2.96. The highest BCUT2D eigenvalue weighted by molar-refractivity contribution is 8.26. The minimum absolute atomic E-state index is 0.0527. The zero-order chi connectivity index (χ0) is 23.4. The highest BCUT2D eigenvalue weighted by Gasteiger charge is 2.37. The fraction of sp³-hybridized carbons (Fsp3) is 0.478. The minimum atomic E-state index is -0.259. The van der Waals surface area contributed by atoms with Crippen LogP contribution in [0.1, 0.15) is 43.2 Å². The van der Waals surface area contributed by atoms with Crippen LogP contribution in [0.5, 0.6) is 0 Å². The normalized spacial score (nSPS) is 18.6. The van der Waals surface area contributed by atoms with E-state index in [4.69, 9.17) is 22.1 Å². The summed E-state index contributed by atoms with van der Waals surface area (Å²) in [6, 6.07) is 3.83. The molecule has 1 amide bonds. The molecule has 1 saturated heterocycles. The third-order valence-corrected chi connectivity index (χ3v) is 7.23. The average molecular weight is 489 g/mol. The van der Waals surface area contributed by atoms with Crippen molar-refractivity contribution in [3.8, 4) is 0 Å². The van der Waals surface area contributed by atoms with E-state index in [-0.39, 0.29) is 30.7 Å². The molecule has 1 aliphatic carbocycles. The number of rotatable bonds is 8. The molecule has 3 heterocycles. The molecule has 2 aromatic rings. The fourth-order valence-electron chi connectivity index (χ4n) is 4.25. The predicted molar refractivity (Wildman–Crippen MR) is 134 cm³/mol. The van der Waals surface area contributed by atoms with Crippen molar-refractivity contribution in [3.63, 3.8) is 0 Å². The van der Waals surface area contributed by atoms with Crippen LogP contribution in [0.25, 0.3) is 11.7 Å². The Morgan fingerprint density at radius 2 is 2.09 bits per heavy atom. The highest BCUT2D eigenvalue weighted by Crippen LogP contribution is 2.37. The molecule has 0 atom stereocenters. The summed E-state index contributed by atoms with van der Waals surface area (Å²) in [6.07, 6.45) is 8.60. The van der Waals surface area contributed by atoms with Crippen LogP contribution in [0.15, 0.2) is 28.0 Å². The molecule has 1 aliphatic heterocycles. The number of pyridine rings is 1. The van der Waals surface area contributed by atoms with Gasteiger partial charge in [0.1, 0.15) is 15.8 Å². The summed E-state index contributed by atoms with van der Waals surface area (Å²) in [4.78, 5) is 33.5. The summed E-state index contributed by atoms with van der Waals surface area (Å²) in [5, 5.41) is 12.0. The molecule has 0 bridgehead atoms.